The van der Waals surface area contributed by atoms with Gasteiger partial charge in [-0.15, -0.1) is 0 Å². The number of rotatable bonds is 3. The van der Waals surface area contributed by atoms with Gasteiger partial charge in [-0.1, -0.05) is 18.2 Å². The molecule has 0 saturated carbocycles. The van der Waals surface area contributed by atoms with Crippen molar-refractivity contribution in [2.75, 3.05) is 0 Å². The normalized spacial score (nSPS) is 13.0. The molecule has 4 heteroatoms. The van der Waals surface area contributed by atoms with Gasteiger partial charge in [-0.05, 0) is 24.5 Å². The molecule has 86 valence electrons. The van der Waals surface area contributed by atoms with Crippen molar-refractivity contribution in [1.82, 2.24) is 13.9 Å². The molecule has 17 heavy (non-hydrogen) atoms. The van der Waals surface area contributed by atoms with E-state index >= 15 is 0 Å². The summed E-state index contributed by atoms with van der Waals surface area (Å²) in [5.74, 6) is 0. The molecule has 0 amide bonds. The average Bonchev–Trinajstić information content (AvgIpc) is 2.98. The Morgan fingerprint density at radius 1 is 1.35 bits per heavy atom. The molecule has 0 aliphatic carbocycles. The van der Waals surface area contributed by atoms with Crippen LogP contribution in [0.4, 0.5) is 0 Å². The van der Waals surface area contributed by atoms with Crippen molar-refractivity contribution in [3.05, 3.63) is 48.7 Å². The molecule has 0 N–H and O–H groups in total. The van der Waals surface area contributed by atoms with Gasteiger partial charge in [-0.3, -0.25) is 0 Å². The van der Waals surface area contributed by atoms with Crippen molar-refractivity contribution < 1.29 is 0 Å². The summed E-state index contributed by atoms with van der Waals surface area (Å²) >= 11 is 1.58. The first-order chi connectivity index (χ1) is 8.34. The largest absolute Gasteiger partial charge is 0.334 e. The van der Waals surface area contributed by atoms with Crippen LogP contribution in [0.2, 0.25) is 0 Å². The Hall–Kier alpha value is -1.68. The van der Waals surface area contributed by atoms with Crippen LogP contribution in [0.3, 0.4) is 0 Å². The Bertz CT molecular complexity index is 612. The lowest BCUT2D eigenvalue weighted by molar-refractivity contribution is 0.541. The molecule has 0 spiro atoms. The summed E-state index contributed by atoms with van der Waals surface area (Å²) in [5, 5.41) is 1.28. The average molecular weight is 243 g/mol. The fourth-order valence-corrected chi connectivity index (χ4v) is 2.81. The molecule has 0 aliphatic heterocycles. The van der Waals surface area contributed by atoms with Gasteiger partial charge in [0.25, 0.3) is 0 Å². The number of benzene rings is 1. The molecule has 1 aromatic carbocycles. The van der Waals surface area contributed by atoms with E-state index in [0.717, 1.165) is 6.42 Å². The zero-order valence-corrected chi connectivity index (χ0v) is 10.4. The van der Waals surface area contributed by atoms with Crippen LogP contribution in [0.5, 0.6) is 0 Å². The van der Waals surface area contributed by atoms with Crippen LogP contribution in [-0.2, 0) is 6.42 Å². The third-order valence-corrected chi connectivity index (χ3v) is 3.84. The van der Waals surface area contributed by atoms with Crippen molar-refractivity contribution >= 4 is 21.6 Å². The number of aromatic nitrogens is 3. The molecule has 2 aromatic heterocycles. The lowest BCUT2D eigenvalue weighted by atomic mass is 10.1. The highest BCUT2D eigenvalue weighted by Crippen LogP contribution is 2.25. The molecular formula is C13H13N3S. The molecule has 1 atom stereocenters. The maximum atomic E-state index is 4.55. The van der Waals surface area contributed by atoms with Gasteiger partial charge in [0.15, 0.2) is 0 Å². The second kappa shape index (κ2) is 4.30. The predicted molar refractivity (Wildman–Crippen MR) is 70.3 cm³/mol. The molecule has 0 fully saturated rings. The molecule has 1 unspecified atom stereocenters. The zero-order chi connectivity index (χ0) is 11.7. The van der Waals surface area contributed by atoms with Crippen LogP contribution in [-0.4, -0.2) is 13.9 Å². The Morgan fingerprint density at radius 3 is 3.06 bits per heavy atom. The van der Waals surface area contributed by atoms with Gasteiger partial charge in [0.1, 0.15) is 0 Å². The Balaban J connectivity index is 1.90. The van der Waals surface area contributed by atoms with E-state index in [4.69, 9.17) is 0 Å². The Kier molecular flexibility index (Phi) is 2.65. The summed E-state index contributed by atoms with van der Waals surface area (Å²) in [6, 6.07) is 8.79. The van der Waals surface area contributed by atoms with Gasteiger partial charge in [-0.25, -0.2) is 4.98 Å². The highest BCUT2D eigenvalue weighted by atomic mass is 32.1. The van der Waals surface area contributed by atoms with Crippen molar-refractivity contribution in [3.63, 3.8) is 0 Å². The maximum absolute atomic E-state index is 4.55. The van der Waals surface area contributed by atoms with Gasteiger partial charge >= 0.3 is 0 Å². The summed E-state index contributed by atoms with van der Waals surface area (Å²) < 4.78 is 7.94. The molecule has 0 bridgehead atoms. The number of imidazole rings is 1. The van der Waals surface area contributed by atoms with E-state index in [9.17, 15) is 0 Å². The summed E-state index contributed by atoms with van der Waals surface area (Å²) in [7, 11) is 0. The topological polar surface area (TPSA) is 30.7 Å². The first kappa shape index (κ1) is 10.5. The van der Waals surface area contributed by atoms with Gasteiger partial charge in [0.2, 0.25) is 0 Å². The zero-order valence-electron chi connectivity index (χ0n) is 9.58. The van der Waals surface area contributed by atoms with Crippen LogP contribution < -0.4 is 0 Å². The predicted octanol–water partition coefficient (Wildman–Crippen LogP) is 3.30. The first-order valence-electron chi connectivity index (χ1n) is 5.65. The smallest absolute Gasteiger partial charge is 0.0948 e. The summed E-state index contributed by atoms with van der Waals surface area (Å²) in [4.78, 5) is 4.08. The van der Waals surface area contributed by atoms with Crippen molar-refractivity contribution in [1.29, 1.82) is 0 Å². The van der Waals surface area contributed by atoms with Gasteiger partial charge in [-0.2, -0.15) is 4.37 Å². The summed E-state index contributed by atoms with van der Waals surface area (Å²) in [5.41, 5.74) is 1.19. The monoisotopic (exact) mass is 243 g/mol. The second-order valence-corrected chi connectivity index (χ2v) is 4.99. The van der Waals surface area contributed by atoms with E-state index in [1.54, 1.807) is 11.5 Å². The van der Waals surface area contributed by atoms with E-state index in [0.29, 0.717) is 6.04 Å². The van der Waals surface area contributed by atoms with Gasteiger partial charge < -0.3 is 4.57 Å². The molecule has 2 heterocycles. The first-order valence-corrected chi connectivity index (χ1v) is 6.42. The lowest BCUT2D eigenvalue weighted by Gasteiger charge is -2.11. The van der Waals surface area contributed by atoms with E-state index in [2.05, 4.69) is 45.1 Å². The Labute approximate surface area is 104 Å². The highest BCUT2D eigenvalue weighted by Gasteiger charge is 2.10. The number of hydrogen-bond acceptors (Lipinski definition) is 3. The highest BCUT2D eigenvalue weighted by molar-refractivity contribution is 7.13. The van der Waals surface area contributed by atoms with Crippen LogP contribution in [0, 0.1) is 0 Å². The second-order valence-electron chi connectivity index (χ2n) is 4.19. The molecule has 3 nitrogen and oxygen atoms in total. The van der Waals surface area contributed by atoms with Crippen LogP contribution in [0.1, 0.15) is 18.7 Å². The SMILES string of the molecule is CC(Cc1nsc2ccccc12)n1ccnc1. The fraction of sp³-hybridized carbons (Fsp3) is 0.231. The minimum absolute atomic E-state index is 0.392. The number of nitrogens with zero attached hydrogens (tertiary/aromatic N) is 3. The molecule has 0 aliphatic rings. The molecular weight excluding hydrogens is 230 g/mol. The quantitative estimate of drug-likeness (QED) is 0.706. The van der Waals surface area contributed by atoms with E-state index in [1.807, 2.05) is 18.7 Å². The summed E-state index contributed by atoms with van der Waals surface area (Å²) in [6.45, 7) is 2.19. The minimum atomic E-state index is 0.392. The van der Waals surface area contributed by atoms with E-state index < -0.39 is 0 Å². The van der Waals surface area contributed by atoms with E-state index in [-0.39, 0.29) is 0 Å². The summed E-state index contributed by atoms with van der Waals surface area (Å²) in [6.07, 6.45) is 6.62. The number of hydrogen-bond donors (Lipinski definition) is 0. The minimum Gasteiger partial charge on any atom is -0.334 e. The lowest BCUT2D eigenvalue weighted by Crippen LogP contribution is -2.06. The van der Waals surface area contributed by atoms with E-state index in [1.165, 1.54) is 15.8 Å². The van der Waals surface area contributed by atoms with Crippen LogP contribution >= 0.6 is 11.5 Å². The van der Waals surface area contributed by atoms with Gasteiger partial charge in [0, 0.05) is 30.2 Å². The third kappa shape index (κ3) is 1.96. The number of fused-ring (bicyclic) bond motifs is 1. The molecule has 0 radical (unpaired) electrons. The van der Waals surface area contributed by atoms with Crippen molar-refractivity contribution in [2.24, 2.45) is 0 Å². The van der Waals surface area contributed by atoms with Crippen LogP contribution in [0.25, 0.3) is 10.1 Å². The standard InChI is InChI=1S/C13H13N3S/c1-10(16-7-6-14-9-16)8-12-11-4-2-3-5-13(11)17-15-12/h2-7,9-10H,8H2,1H3. The fourth-order valence-electron chi connectivity index (χ4n) is 2.00. The van der Waals surface area contributed by atoms with Crippen molar-refractivity contribution in [2.45, 2.75) is 19.4 Å². The van der Waals surface area contributed by atoms with Crippen molar-refractivity contribution in [3.8, 4) is 0 Å². The van der Waals surface area contributed by atoms with Gasteiger partial charge in [0.05, 0.1) is 16.7 Å². The molecule has 3 rings (SSSR count). The van der Waals surface area contributed by atoms with Crippen LogP contribution in [0.15, 0.2) is 43.0 Å². The molecule has 3 aromatic rings. The maximum Gasteiger partial charge on any atom is 0.0948 e. The third-order valence-electron chi connectivity index (χ3n) is 2.97. The molecule has 0 saturated heterocycles. The Morgan fingerprint density at radius 2 is 2.24 bits per heavy atom.